The molecule has 0 unspecified atom stereocenters. The molecule has 0 aliphatic rings. The van der Waals surface area contributed by atoms with E-state index in [1.54, 1.807) is 13.8 Å². The minimum absolute atomic E-state index is 0.0413. The number of hydrogen-bond acceptors (Lipinski definition) is 2. The molecule has 0 rings (SSSR count). The molecular weight excluding hydrogens is 220 g/mol. The zero-order valence-electron chi connectivity index (χ0n) is 7.35. The van der Waals surface area contributed by atoms with Crippen LogP contribution in [-0.4, -0.2) is 16.8 Å². The molecule has 0 saturated heterocycles. The number of carbonyl (C=O) groups excluding carboxylic acids is 1. The quantitative estimate of drug-likeness (QED) is 0.592. The van der Waals surface area contributed by atoms with E-state index in [1.807, 2.05) is 6.07 Å². The van der Waals surface area contributed by atoms with Crippen molar-refractivity contribution in [2.24, 2.45) is 0 Å². The number of nitriles is 1. The number of rotatable bonds is 4. The molecule has 1 N–H and O–H groups in total. The number of halogens is 1. The number of nitrogens with zero attached hydrogens (tertiary/aromatic N) is 1. The van der Waals surface area contributed by atoms with Crippen LogP contribution in [0, 0.1) is 11.3 Å². The molecule has 0 heterocycles. The maximum absolute atomic E-state index is 11.2. The molecule has 0 spiro atoms. The van der Waals surface area contributed by atoms with Crippen molar-refractivity contribution in [3.63, 3.8) is 0 Å². The Balaban J connectivity index is 3.53. The van der Waals surface area contributed by atoms with E-state index in [4.69, 9.17) is 5.26 Å². The summed E-state index contributed by atoms with van der Waals surface area (Å²) in [4.78, 5) is 11.2. The minimum Gasteiger partial charge on any atom is -0.355 e. The molecule has 0 aromatic heterocycles. The Morgan fingerprint density at radius 1 is 1.67 bits per heavy atom. The fraction of sp³-hybridized carbons (Fsp3) is 0.750. The number of amides is 1. The largest absolute Gasteiger partial charge is 0.355 e. The zero-order valence-corrected chi connectivity index (χ0v) is 8.94. The Hall–Kier alpha value is -0.560. The van der Waals surface area contributed by atoms with E-state index in [0.717, 1.165) is 0 Å². The molecule has 3 nitrogen and oxygen atoms in total. The van der Waals surface area contributed by atoms with Crippen LogP contribution >= 0.6 is 15.9 Å². The summed E-state index contributed by atoms with van der Waals surface area (Å²) in [6.45, 7) is 4.14. The molecule has 0 aliphatic carbocycles. The Labute approximate surface area is 81.3 Å². The first-order chi connectivity index (χ1) is 5.48. The van der Waals surface area contributed by atoms with E-state index < -0.39 is 4.32 Å². The molecule has 0 bridgehead atoms. The molecule has 0 fully saturated rings. The second-order valence-electron chi connectivity index (χ2n) is 2.99. The first-order valence-corrected chi connectivity index (χ1v) is 4.62. The highest BCUT2D eigenvalue weighted by molar-refractivity contribution is 9.10. The lowest BCUT2D eigenvalue weighted by Gasteiger charge is -2.15. The van der Waals surface area contributed by atoms with Gasteiger partial charge in [-0.3, -0.25) is 4.79 Å². The van der Waals surface area contributed by atoms with E-state index in [0.29, 0.717) is 19.4 Å². The van der Waals surface area contributed by atoms with Gasteiger partial charge in [0, 0.05) is 13.0 Å². The second-order valence-corrected chi connectivity index (χ2v) is 4.97. The van der Waals surface area contributed by atoms with Crippen molar-refractivity contribution in [3.8, 4) is 6.07 Å². The predicted octanol–water partition coefficient (Wildman–Crippen LogP) is 1.58. The van der Waals surface area contributed by atoms with E-state index in [1.165, 1.54) is 0 Å². The summed E-state index contributed by atoms with van der Waals surface area (Å²) in [6, 6.07) is 2.02. The van der Waals surface area contributed by atoms with E-state index in [-0.39, 0.29) is 5.91 Å². The van der Waals surface area contributed by atoms with Crippen molar-refractivity contribution in [3.05, 3.63) is 0 Å². The highest BCUT2D eigenvalue weighted by Gasteiger charge is 2.22. The lowest BCUT2D eigenvalue weighted by atomic mass is 10.2. The molecule has 0 atom stereocenters. The Bertz CT molecular complexity index is 190. The van der Waals surface area contributed by atoms with Crippen molar-refractivity contribution in [1.82, 2.24) is 5.32 Å². The highest BCUT2D eigenvalue weighted by atomic mass is 79.9. The summed E-state index contributed by atoms with van der Waals surface area (Å²) in [5.41, 5.74) is 0. The first kappa shape index (κ1) is 11.4. The smallest absolute Gasteiger partial charge is 0.236 e. The number of unbranched alkanes of at least 4 members (excludes halogenated alkanes) is 1. The normalized spacial score (nSPS) is 10.5. The Morgan fingerprint density at radius 3 is 2.67 bits per heavy atom. The fourth-order valence-electron chi connectivity index (χ4n) is 0.580. The SMILES string of the molecule is CC(C)(Br)C(=O)NCCCC#N. The second kappa shape index (κ2) is 5.15. The number of alkyl halides is 1. The zero-order chi connectivity index (χ0) is 9.61. The van der Waals surface area contributed by atoms with Gasteiger partial charge in [0.2, 0.25) is 5.91 Å². The summed E-state index contributed by atoms with van der Waals surface area (Å²) in [7, 11) is 0. The van der Waals surface area contributed by atoms with E-state index >= 15 is 0 Å². The number of hydrogen-bond donors (Lipinski definition) is 1. The summed E-state index contributed by atoms with van der Waals surface area (Å²) >= 11 is 3.24. The van der Waals surface area contributed by atoms with Crippen LogP contribution in [0.3, 0.4) is 0 Å². The van der Waals surface area contributed by atoms with Gasteiger partial charge in [0.15, 0.2) is 0 Å². The Kier molecular flexibility index (Phi) is 4.91. The summed E-state index contributed by atoms with van der Waals surface area (Å²) in [5, 5.41) is 10.9. The molecule has 4 heteroatoms. The lowest BCUT2D eigenvalue weighted by Crippen LogP contribution is -2.37. The summed E-state index contributed by atoms with van der Waals surface area (Å²) in [6.07, 6.45) is 1.20. The van der Waals surface area contributed by atoms with Crippen LogP contribution in [0.5, 0.6) is 0 Å². The van der Waals surface area contributed by atoms with Gasteiger partial charge in [-0.2, -0.15) is 5.26 Å². The molecule has 0 aromatic rings. The molecule has 0 saturated carbocycles. The van der Waals surface area contributed by atoms with Gasteiger partial charge in [-0.25, -0.2) is 0 Å². The van der Waals surface area contributed by atoms with Crippen molar-refractivity contribution in [1.29, 1.82) is 5.26 Å². The van der Waals surface area contributed by atoms with Gasteiger partial charge in [-0.15, -0.1) is 0 Å². The third kappa shape index (κ3) is 5.14. The summed E-state index contributed by atoms with van der Waals surface area (Å²) in [5.74, 6) is -0.0413. The van der Waals surface area contributed by atoms with Crippen LogP contribution in [0.25, 0.3) is 0 Å². The third-order valence-corrected chi connectivity index (χ3v) is 1.65. The number of nitrogens with one attached hydrogen (secondary N) is 1. The standard InChI is InChI=1S/C8H13BrN2O/c1-8(2,9)7(12)11-6-4-3-5-10/h3-4,6H2,1-2H3,(H,11,12). The van der Waals surface area contributed by atoms with Crippen LogP contribution in [0.4, 0.5) is 0 Å². The maximum atomic E-state index is 11.2. The fourth-order valence-corrected chi connectivity index (χ4v) is 0.720. The van der Waals surface area contributed by atoms with Crippen LogP contribution in [0.15, 0.2) is 0 Å². The van der Waals surface area contributed by atoms with Gasteiger partial charge in [-0.05, 0) is 20.3 Å². The van der Waals surface area contributed by atoms with Gasteiger partial charge < -0.3 is 5.32 Å². The molecule has 12 heavy (non-hydrogen) atoms. The molecule has 0 aliphatic heterocycles. The van der Waals surface area contributed by atoms with Crippen LogP contribution in [-0.2, 0) is 4.79 Å². The maximum Gasteiger partial charge on any atom is 0.236 e. The molecule has 0 radical (unpaired) electrons. The minimum atomic E-state index is -0.514. The third-order valence-electron chi connectivity index (χ3n) is 1.29. The van der Waals surface area contributed by atoms with Gasteiger partial charge in [0.25, 0.3) is 0 Å². The number of carbonyl (C=O) groups is 1. The predicted molar refractivity (Wildman–Crippen MR) is 50.9 cm³/mol. The van der Waals surface area contributed by atoms with Crippen LogP contribution < -0.4 is 5.32 Å². The van der Waals surface area contributed by atoms with Crippen molar-refractivity contribution >= 4 is 21.8 Å². The average molecular weight is 233 g/mol. The molecule has 68 valence electrons. The molecule has 0 aromatic carbocycles. The van der Waals surface area contributed by atoms with Crippen LogP contribution in [0.1, 0.15) is 26.7 Å². The summed E-state index contributed by atoms with van der Waals surface area (Å²) < 4.78 is -0.514. The van der Waals surface area contributed by atoms with E-state index in [9.17, 15) is 4.79 Å². The average Bonchev–Trinajstić information content (AvgIpc) is 1.96. The van der Waals surface area contributed by atoms with Gasteiger partial charge >= 0.3 is 0 Å². The van der Waals surface area contributed by atoms with Gasteiger partial charge in [0.1, 0.15) is 0 Å². The molecule has 1 amide bonds. The molecular formula is C8H13BrN2O. The van der Waals surface area contributed by atoms with Crippen molar-refractivity contribution in [2.45, 2.75) is 31.0 Å². The lowest BCUT2D eigenvalue weighted by molar-refractivity contribution is -0.122. The Morgan fingerprint density at radius 2 is 2.25 bits per heavy atom. The van der Waals surface area contributed by atoms with Crippen molar-refractivity contribution < 1.29 is 4.79 Å². The van der Waals surface area contributed by atoms with Gasteiger partial charge in [-0.1, -0.05) is 15.9 Å². The monoisotopic (exact) mass is 232 g/mol. The topological polar surface area (TPSA) is 52.9 Å². The first-order valence-electron chi connectivity index (χ1n) is 3.82. The van der Waals surface area contributed by atoms with E-state index in [2.05, 4.69) is 21.2 Å². The van der Waals surface area contributed by atoms with Crippen molar-refractivity contribution in [2.75, 3.05) is 6.54 Å². The van der Waals surface area contributed by atoms with Crippen LogP contribution in [0.2, 0.25) is 0 Å². The highest BCUT2D eigenvalue weighted by Crippen LogP contribution is 2.14. The van der Waals surface area contributed by atoms with Gasteiger partial charge in [0.05, 0.1) is 10.4 Å².